The van der Waals surface area contributed by atoms with E-state index in [1.165, 1.54) is 0 Å². The lowest BCUT2D eigenvalue weighted by Crippen LogP contribution is -2.21. The van der Waals surface area contributed by atoms with Crippen LogP contribution in [0.4, 0.5) is 0 Å². The van der Waals surface area contributed by atoms with Gasteiger partial charge in [0.25, 0.3) is 0 Å². The highest BCUT2D eigenvalue weighted by molar-refractivity contribution is 7.91. The predicted molar refractivity (Wildman–Crippen MR) is 91.1 cm³/mol. The average Bonchev–Trinajstić information content (AvgIpc) is 2.86. The molecule has 0 saturated carbocycles. The molecule has 0 radical (unpaired) electrons. The third kappa shape index (κ3) is 3.96. The quantitative estimate of drug-likeness (QED) is 0.689. The molecular formula is C17H18N2O3S. The summed E-state index contributed by atoms with van der Waals surface area (Å²) in [5.41, 5.74) is 3.41. The first-order valence-corrected chi connectivity index (χ1v) is 9.36. The summed E-state index contributed by atoms with van der Waals surface area (Å²) in [5, 5.41) is 6.17. The van der Waals surface area contributed by atoms with Crippen molar-refractivity contribution in [2.75, 3.05) is 11.5 Å². The molecule has 2 aromatic rings. The van der Waals surface area contributed by atoms with Crippen molar-refractivity contribution in [3.63, 3.8) is 0 Å². The largest absolute Gasteiger partial charge is 0.273 e. The van der Waals surface area contributed by atoms with Crippen LogP contribution in [-0.2, 0) is 14.6 Å². The number of hydrogen-bond acceptors (Lipinski definition) is 4. The molecule has 0 aliphatic carbocycles. The van der Waals surface area contributed by atoms with Gasteiger partial charge in [-0.2, -0.15) is 5.10 Å². The lowest BCUT2D eigenvalue weighted by atomic mass is 10.1. The van der Waals surface area contributed by atoms with E-state index in [0.717, 1.165) is 16.3 Å². The van der Waals surface area contributed by atoms with Crippen LogP contribution in [-0.4, -0.2) is 32.0 Å². The molecule has 0 unspecified atom stereocenters. The van der Waals surface area contributed by atoms with Crippen LogP contribution >= 0.6 is 0 Å². The highest BCUT2D eigenvalue weighted by atomic mass is 32.2. The summed E-state index contributed by atoms with van der Waals surface area (Å²) >= 11 is 0. The van der Waals surface area contributed by atoms with Gasteiger partial charge in [-0.3, -0.25) is 4.79 Å². The van der Waals surface area contributed by atoms with Crippen LogP contribution in [0.5, 0.6) is 0 Å². The first-order valence-electron chi connectivity index (χ1n) is 7.53. The van der Waals surface area contributed by atoms with Gasteiger partial charge in [0.2, 0.25) is 5.91 Å². The van der Waals surface area contributed by atoms with E-state index in [4.69, 9.17) is 0 Å². The number of benzene rings is 2. The smallest absolute Gasteiger partial charge is 0.240 e. The second-order valence-electron chi connectivity index (χ2n) is 5.83. The summed E-state index contributed by atoms with van der Waals surface area (Å²) in [6.45, 7) is 0. The van der Waals surface area contributed by atoms with Crippen LogP contribution in [0.15, 0.2) is 47.6 Å². The molecule has 1 amide bonds. The summed E-state index contributed by atoms with van der Waals surface area (Å²) in [7, 11) is -2.95. The highest BCUT2D eigenvalue weighted by Gasteiger charge is 2.29. The van der Waals surface area contributed by atoms with Gasteiger partial charge in [0.15, 0.2) is 9.84 Å². The first kappa shape index (κ1) is 15.7. The number of nitrogens with zero attached hydrogens (tertiary/aromatic N) is 1. The molecule has 1 saturated heterocycles. The van der Waals surface area contributed by atoms with Gasteiger partial charge in [-0.15, -0.1) is 0 Å². The molecule has 6 heteroatoms. The summed E-state index contributed by atoms with van der Waals surface area (Å²) in [6, 6.07) is 13.8. The van der Waals surface area contributed by atoms with E-state index in [-0.39, 0.29) is 29.8 Å². The Morgan fingerprint density at radius 2 is 2.00 bits per heavy atom. The topological polar surface area (TPSA) is 75.6 Å². The summed E-state index contributed by atoms with van der Waals surface area (Å²) in [6.07, 6.45) is 2.38. The number of hydrogen-bond donors (Lipinski definition) is 1. The van der Waals surface area contributed by atoms with Crippen LogP contribution in [0.3, 0.4) is 0 Å². The number of amides is 1. The minimum absolute atomic E-state index is 0.0900. The fourth-order valence-corrected chi connectivity index (χ4v) is 4.74. The molecule has 1 heterocycles. The molecule has 23 heavy (non-hydrogen) atoms. The van der Waals surface area contributed by atoms with Crippen LogP contribution in [0.1, 0.15) is 18.4 Å². The van der Waals surface area contributed by atoms with Crippen molar-refractivity contribution in [2.45, 2.75) is 12.8 Å². The lowest BCUT2D eigenvalue weighted by Gasteiger charge is -2.05. The van der Waals surface area contributed by atoms with E-state index in [1.54, 1.807) is 6.21 Å². The molecule has 1 aliphatic heterocycles. The predicted octanol–water partition coefficient (Wildman–Crippen LogP) is 2.11. The zero-order chi connectivity index (χ0) is 16.3. The van der Waals surface area contributed by atoms with Crippen LogP contribution < -0.4 is 5.43 Å². The molecule has 0 aromatic heterocycles. The normalized spacial score (nSPS) is 20.1. The molecule has 1 aliphatic rings. The zero-order valence-electron chi connectivity index (χ0n) is 12.6. The second kappa shape index (κ2) is 6.50. The third-order valence-electron chi connectivity index (χ3n) is 4.02. The van der Waals surface area contributed by atoms with E-state index in [0.29, 0.717) is 6.42 Å². The third-order valence-corrected chi connectivity index (χ3v) is 5.85. The monoisotopic (exact) mass is 330 g/mol. The molecule has 2 aromatic carbocycles. The molecular weight excluding hydrogens is 312 g/mol. The Balaban J connectivity index is 1.61. The van der Waals surface area contributed by atoms with E-state index in [2.05, 4.69) is 10.5 Å². The minimum Gasteiger partial charge on any atom is -0.273 e. The number of fused-ring (bicyclic) bond motifs is 1. The van der Waals surface area contributed by atoms with Gasteiger partial charge in [-0.05, 0) is 23.1 Å². The lowest BCUT2D eigenvalue weighted by molar-refractivity contribution is -0.121. The van der Waals surface area contributed by atoms with Crippen LogP contribution in [0.25, 0.3) is 10.8 Å². The number of carbonyl (C=O) groups excluding carboxylic acids is 1. The summed E-state index contributed by atoms with van der Waals surface area (Å²) < 4.78 is 22.8. The Morgan fingerprint density at radius 1 is 1.22 bits per heavy atom. The van der Waals surface area contributed by atoms with Crippen molar-refractivity contribution in [3.8, 4) is 0 Å². The van der Waals surface area contributed by atoms with Gasteiger partial charge in [0.1, 0.15) is 0 Å². The number of nitrogens with one attached hydrogen (secondary N) is 1. The molecule has 3 rings (SSSR count). The average molecular weight is 330 g/mol. The van der Waals surface area contributed by atoms with Crippen molar-refractivity contribution in [1.29, 1.82) is 0 Å². The molecule has 1 N–H and O–H groups in total. The number of sulfone groups is 1. The maximum absolute atomic E-state index is 11.8. The molecule has 120 valence electrons. The highest BCUT2D eigenvalue weighted by Crippen LogP contribution is 2.21. The Kier molecular flexibility index (Phi) is 4.43. The number of hydrazone groups is 1. The van der Waals surface area contributed by atoms with Crippen LogP contribution in [0.2, 0.25) is 0 Å². The maximum Gasteiger partial charge on any atom is 0.240 e. The van der Waals surface area contributed by atoms with Gasteiger partial charge < -0.3 is 0 Å². The van der Waals surface area contributed by atoms with Crippen molar-refractivity contribution < 1.29 is 13.2 Å². The van der Waals surface area contributed by atoms with Crippen LogP contribution in [0, 0.1) is 5.92 Å². The van der Waals surface area contributed by atoms with E-state index >= 15 is 0 Å². The van der Waals surface area contributed by atoms with Gasteiger partial charge >= 0.3 is 0 Å². The van der Waals surface area contributed by atoms with Gasteiger partial charge in [-0.1, -0.05) is 42.5 Å². The number of rotatable bonds is 4. The minimum atomic E-state index is -2.95. The Labute approximate surface area is 135 Å². The molecule has 1 atom stereocenters. The number of carbonyl (C=O) groups is 1. The zero-order valence-corrected chi connectivity index (χ0v) is 13.4. The molecule has 0 bridgehead atoms. The Bertz CT molecular complexity index is 854. The SMILES string of the molecule is O=C(C[C@H]1CCS(=O)(=O)C1)N/N=C\c1cccc2ccccc12. The van der Waals surface area contributed by atoms with Crippen molar-refractivity contribution in [3.05, 3.63) is 48.0 Å². The fraction of sp³-hybridized carbons (Fsp3) is 0.294. The van der Waals surface area contributed by atoms with Gasteiger partial charge in [0.05, 0.1) is 17.7 Å². The molecule has 0 spiro atoms. The van der Waals surface area contributed by atoms with Gasteiger partial charge in [-0.25, -0.2) is 13.8 Å². The van der Waals surface area contributed by atoms with Crippen molar-refractivity contribution in [2.24, 2.45) is 11.0 Å². The van der Waals surface area contributed by atoms with E-state index in [9.17, 15) is 13.2 Å². The fourth-order valence-electron chi connectivity index (χ4n) is 2.88. The molecule has 1 fully saturated rings. The van der Waals surface area contributed by atoms with Gasteiger partial charge in [0, 0.05) is 12.0 Å². The molecule has 5 nitrogen and oxygen atoms in total. The second-order valence-corrected chi connectivity index (χ2v) is 8.06. The maximum atomic E-state index is 11.8. The van der Waals surface area contributed by atoms with Crippen molar-refractivity contribution >= 4 is 32.7 Å². The Morgan fingerprint density at radius 3 is 2.78 bits per heavy atom. The summed E-state index contributed by atoms with van der Waals surface area (Å²) in [4.78, 5) is 11.8. The van der Waals surface area contributed by atoms with E-state index < -0.39 is 9.84 Å². The summed E-state index contributed by atoms with van der Waals surface area (Å²) in [5.74, 6) is -0.0474. The van der Waals surface area contributed by atoms with E-state index in [1.807, 2.05) is 42.5 Å². The van der Waals surface area contributed by atoms with Crippen molar-refractivity contribution in [1.82, 2.24) is 5.43 Å². The standard InChI is InChI=1S/C17H18N2O3S/c20-17(10-13-8-9-23(21,22)12-13)19-18-11-15-6-3-5-14-4-1-2-7-16(14)15/h1-7,11,13H,8-10,12H2,(H,19,20)/b18-11-/t13-/m1/s1. The Hall–Kier alpha value is -2.21. The first-order chi connectivity index (χ1) is 11.0.